The summed E-state index contributed by atoms with van der Waals surface area (Å²) in [4.78, 5) is 27.3. The molecule has 11 nitrogen and oxygen atoms in total. The van der Waals surface area contributed by atoms with E-state index in [1.54, 1.807) is 19.2 Å². The number of piperidine rings is 1. The number of anilines is 2. The van der Waals surface area contributed by atoms with Crippen LogP contribution in [0.1, 0.15) is 32.4 Å². The lowest BCUT2D eigenvalue weighted by Gasteiger charge is -2.43. The first-order valence-electron chi connectivity index (χ1n) is 12.5. The lowest BCUT2D eigenvalue weighted by molar-refractivity contribution is -0.235. The summed E-state index contributed by atoms with van der Waals surface area (Å²) in [5.74, 6) is -1.15. The second-order valence-electron chi connectivity index (χ2n) is 9.78. The van der Waals surface area contributed by atoms with E-state index >= 15 is 0 Å². The Bertz CT molecular complexity index is 1390. The number of nitrogens with two attached hydrogens (primary N) is 1. The molecule has 2 saturated heterocycles. The number of nitrogens with one attached hydrogen (secondary N) is 2. The molecule has 5 heterocycles. The molecule has 3 atom stereocenters. The first-order chi connectivity index (χ1) is 18.5. The van der Waals surface area contributed by atoms with Crippen LogP contribution in [0.25, 0.3) is 22.4 Å². The van der Waals surface area contributed by atoms with Crippen molar-refractivity contribution in [1.82, 2.24) is 25.1 Å². The van der Waals surface area contributed by atoms with E-state index < -0.39 is 36.0 Å². The van der Waals surface area contributed by atoms with Crippen molar-refractivity contribution in [3.05, 3.63) is 23.0 Å². The lowest BCUT2D eigenvalue weighted by Crippen LogP contribution is -2.54. The van der Waals surface area contributed by atoms with Crippen LogP contribution in [0.15, 0.2) is 12.3 Å². The molecular weight excluding hydrogens is 541 g/mol. The smallest absolute Gasteiger partial charge is 0.428 e. The van der Waals surface area contributed by atoms with Crippen LogP contribution in [0.3, 0.4) is 0 Å². The van der Waals surface area contributed by atoms with Crippen LogP contribution in [0, 0.1) is 12.3 Å². The molecule has 2 aliphatic rings. The van der Waals surface area contributed by atoms with Crippen molar-refractivity contribution < 1.29 is 27.4 Å². The molecule has 2 fully saturated rings. The molecule has 210 valence electrons. The second kappa shape index (κ2) is 10.1. The SMILES string of the molecule is CCNc1nccc(-c2[nH]nc3nc(N4CCC5(CC4)C(OC(=O)C(F)(F)F)O[C@@H](C)[C@H]5N)c(C)nc23)c1Cl. The Labute approximate surface area is 226 Å². The van der Waals surface area contributed by atoms with Gasteiger partial charge in [0.05, 0.1) is 27.9 Å². The van der Waals surface area contributed by atoms with Crippen LogP contribution < -0.4 is 16.0 Å². The quantitative estimate of drug-likeness (QED) is 0.391. The highest BCUT2D eigenvalue weighted by Crippen LogP contribution is 2.47. The predicted molar refractivity (Wildman–Crippen MR) is 137 cm³/mol. The molecule has 1 unspecified atom stereocenters. The molecule has 0 aromatic carbocycles. The molecule has 39 heavy (non-hydrogen) atoms. The fourth-order valence-electron chi connectivity index (χ4n) is 5.38. The van der Waals surface area contributed by atoms with Crippen molar-refractivity contribution in [2.75, 3.05) is 29.9 Å². The van der Waals surface area contributed by atoms with E-state index in [9.17, 15) is 18.0 Å². The molecule has 5 rings (SSSR count). The van der Waals surface area contributed by atoms with Gasteiger partial charge in [-0.25, -0.2) is 19.7 Å². The molecule has 0 saturated carbocycles. The van der Waals surface area contributed by atoms with Crippen LogP contribution in [0.4, 0.5) is 24.8 Å². The molecule has 15 heteroatoms. The summed E-state index contributed by atoms with van der Waals surface area (Å²) in [5, 5.41) is 10.9. The van der Waals surface area contributed by atoms with Crippen molar-refractivity contribution in [3.63, 3.8) is 0 Å². The third-order valence-corrected chi connectivity index (χ3v) is 7.84. The Morgan fingerprint density at radius 1 is 1.36 bits per heavy atom. The Morgan fingerprint density at radius 2 is 2.08 bits per heavy atom. The maximum Gasteiger partial charge on any atom is 0.491 e. The first kappa shape index (κ1) is 27.3. The number of ether oxygens (including phenoxy) is 2. The van der Waals surface area contributed by atoms with Crippen LogP contribution in [-0.2, 0) is 14.3 Å². The van der Waals surface area contributed by atoms with Crippen LogP contribution in [0.2, 0.25) is 5.02 Å². The van der Waals surface area contributed by atoms with E-state index in [1.807, 2.05) is 18.7 Å². The Balaban J connectivity index is 1.39. The Hall–Kier alpha value is -3.23. The third kappa shape index (κ3) is 4.74. The highest BCUT2D eigenvalue weighted by Gasteiger charge is 2.58. The zero-order chi connectivity index (χ0) is 28.1. The minimum absolute atomic E-state index is 0.332. The van der Waals surface area contributed by atoms with Gasteiger partial charge in [-0.1, -0.05) is 11.6 Å². The van der Waals surface area contributed by atoms with E-state index in [0.29, 0.717) is 77.2 Å². The van der Waals surface area contributed by atoms with Gasteiger partial charge in [0, 0.05) is 37.4 Å². The number of hydrogen-bond acceptors (Lipinski definition) is 10. The zero-order valence-electron chi connectivity index (χ0n) is 21.5. The number of pyridine rings is 1. The van der Waals surface area contributed by atoms with Gasteiger partial charge in [0.25, 0.3) is 0 Å². The van der Waals surface area contributed by atoms with Crippen molar-refractivity contribution >= 4 is 40.4 Å². The van der Waals surface area contributed by atoms with Gasteiger partial charge < -0.3 is 25.4 Å². The number of carbonyl (C=O) groups is 1. The number of alkyl halides is 3. The monoisotopic (exact) mass is 568 g/mol. The highest BCUT2D eigenvalue weighted by atomic mass is 35.5. The van der Waals surface area contributed by atoms with Gasteiger partial charge in [0.2, 0.25) is 11.9 Å². The molecule has 3 aromatic rings. The molecule has 1 spiro atoms. The minimum atomic E-state index is -5.12. The number of aryl methyl sites for hydroxylation is 1. The molecule has 4 N–H and O–H groups in total. The molecule has 0 amide bonds. The predicted octanol–water partition coefficient (Wildman–Crippen LogP) is 3.57. The number of halogens is 4. The number of H-pyrrole nitrogens is 1. The highest BCUT2D eigenvalue weighted by molar-refractivity contribution is 6.35. The average molecular weight is 569 g/mol. The van der Waals surface area contributed by atoms with Crippen molar-refractivity contribution in [1.29, 1.82) is 0 Å². The first-order valence-corrected chi connectivity index (χ1v) is 12.9. The molecule has 0 radical (unpaired) electrons. The fourth-order valence-corrected chi connectivity index (χ4v) is 5.65. The van der Waals surface area contributed by atoms with Gasteiger partial charge in [-0.15, -0.1) is 0 Å². The number of nitrogens with zero attached hydrogens (tertiary/aromatic N) is 5. The normalized spacial score (nSPS) is 23.0. The molecule has 0 aliphatic carbocycles. The maximum atomic E-state index is 12.9. The van der Waals surface area contributed by atoms with Gasteiger partial charge in [-0.05, 0) is 39.7 Å². The van der Waals surface area contributed by atoms with E-state index in [2.05, 4.69) is 20.5 Å². The van der Waals surface area contributed by atoms with Crippen molar-refractivity contribution in [2.45, 2.75) is 58.2 Å². The van der Waals surface area contributed by atoms with E-state index in [4.69, 9.17) is 36.8 Å². The Morgan fingerprint density at radius 3 is 2.74 bits per heavy atom. The summed E-state index contributed by atoms with van der Waals surface area (Å²) in [7, 11) is 0. The van der Waals surface area contributed by atoms with Gasteiger partial charge >= 0.3 is 12.1 Å². The maximum absolute atomic E-state index is 12.9. The van der Waals surface area contributed by atoms with Crippen LogP contribution in [-0.4, -0.2) is 75.4 Å². The summed E-state index contributed by atoms with van der Waals surface area (Å²) in [5.41, 5.74) is 8.26. The summed E-state index contributed by atoms with van der Waals surface area (Å²) in [6.45, 7) is 6.87. The van der Waals surface area contributed by atoms with Crippen molar-refractivity contribution in [2.24, 2.45) is 11.1 Å². The lowest BCUT2D eigenvalue weighted by atomic mass is 9.72. The van der Waals surface area contributed by atoms with Crippen molar-refractivity contribution in [3.8, 4) is 11.3 Å². The number of carbonyl (C=O) groups excluding carboxylic acids is 1. The average Bonchev–Trinajstić information content (AvgIpc) is 3.39. The molecule has 2 aliphatic heterocycles. The fraction of sp³-hybridized carbons (Fsp3) is 0.542. The minimum Gasteiger partial charge on any atom is -0.428 e. The molecule has 3 aromatic heterocycles. The third-order valence-electron chi connectivity index (χ3n) is 7.46. The van der Waals surface area contributed by atoms with Gasteiger partial charge in [0.1, 0.15) is 11.3 Å². The summed E-state index contributed by atoms with van der Waals surface area (Å²) < 4.78 is 49.0. The van der Waals surface area contributed by atoms with Crippen LogP contribution in [0.5, 0.6) is 0 Å². The van der Waals surface area contributed by atoms with E-state index in [0.717, 1.165) is 0 Å². The standard InChI is InChI=1S/C24H28ClF3N8O3/c1-4-30-18-14(25)13(5-8-31-18)15-16-19(35-34-15)33-20(11(2)32-16)36-9-6-23(7-10-36)17(29)12(3)38-22(23)39-21(37)24(26,27)28/h5,8,12,17,22H,4,6-7,9-10,29H2,1-3H3,(H,30,31)(H,33,34,35)/t12-,17+,22?/m0/s1. The summed E-state index contributed by atoms with van der Waals surface area (Å²) >= 11 is 6.58. The van der Waals surface area contributed by atoms with Gasteiger partial charge in [-0.3, -0.25) is 5.10 Å². The van der Waals surface area contributed by atoms with E-state index in [1.165, 1.54) is 0 Å². The number of aromatic nitrogens is 5. The molecular formula is C24H28ClF3N8O3. The van der Waals surface area contributed by atoms with Crippen LogP contribution >= 0.6 is 11.6 Å². The zero-order valence-corrected chi connectivity index (χ0v) is 22.2. The number of fused-ring (bicyclic) bond motifs is 1. The topological polar surface area (TPSA) is 144 Å². The Kier molecular flexibility index (Phi) is 7.06. The number of hydrogen-bond donors (Lipinski definition) is 3. The number of esters is 1. The molecule has 0 bridgehead atoms. The van der Waals surface area contributed by atoms with E-state index in [-0.39, 0.29) is 0 Å². The summed E-state index contributed by atoms with van der Waals surface area (Å²) in [6, 6.07) is 1.16. The number of rotatable bonds is 5. The second-order valence-corrected chi connectivity index (χ2v) is 10.2. The summed E-state index contributed by atoms with van der Waals surface area (Å²) in [6.07, 6.45) is -4.78. The number of aromatic amines is 1. The van der Waals surface area contributed by atoms with Gasteiger partial charge in [0.15, 0.2) is 5.82 Å². The van der Waals surface area contributed by atoms with Gasteiger partial charge in [-0.2, -0.15) is 18.3 Å². The largest absolute Gasteiger partial charge is 0.491 e.